The molecule has 166 valence electrons. The zero-order chi connectivity index (χ0) is 22.4. The Labute approximate surface area is 192 Å². The number of nitrogens with zero attached hydrogens (tertiary/aromatic N) is 4. The van der Waals surface area contributed by atoms with Crippen molar-refractivity contribution in [1.29, 1.82) is 0 Å². The van der Waals surface area contributed by atoms with Gasteiger partial charge in [0.1, 0.15) is 12.9 Å². The van der Waals surface area contributed by atoms with E-state index in [4.69, 9.17) is 4.74 Å². The third-order valence-corrected chi connectivity index (χ3v) is 8.14. The highest BCUT2D eigenvalue weighted by Gasteiger charge is 2.20. The first-order valence-corrected chi connectivity index (χ1v) is 15.0. The third kappa shape index (κ3) is 5.88. The molecule has 0 bridgehead atoms. The molecule has 1 heterocycles. The van der Waals surface area contributed by atoms with Crippen LogP contribution in [0.1, 0.15) is 49.1 Å². The number of rotatable bonds is 7. The van der Waals surface area contributed by atoms with Gasteiger partial charge in [-0.05, 0) is 48.6 Å². The molecule has 0 atom stereocenters. The van der Waals surface area contributed by atoms with E-state index in [1.54, 1.807) is 6.33 Å². The summed E-state index contributed by atoms with van der Waals surface area (Å²) in [4.78, 5) is 8.64. The second kappa shape index (κ2) is 10.2. The predicted octanol–water partition coefficient (Wildman–Crippen LogP) is 7.06. The fourth-order valence-corrected chi connectivity index (χ4v) is 5.26. The highest BCUT2D eigenvalue weighted by Crippen LogP contribution is 2.36. The largest absolute Gasteiger partial charge is 0.473 e. The van der Waals surface area contributed by atoms with Gasteiger partial charge in [0.15, 0.2) is 0 Å². The summed E-state index contributed by atoms with van der Waals surface area (Å²) in [6, 6.07) is 16.5. The Morgan fingerprint density at radius 1 is 0.875 bits per heavy atom. The fraction of sp³-hybridized carbons (Fsp3) is 0.385. The smallest absolute Gasteiger partial charge is 0.220 e. The van der Waals surface area contributed by atoms with Crippen molar-refractivity contribution in [2.45, 2.75) is 64.3 Å². The van der Waals surface area contributed by atoms with Gasteiger partial charge in [0, 0.05) is 11.8 Å². The van der Waals surface area contributed by atoms with Gasteiger partial charge in [-0.1, -0.05) is 68.4 Å². The lowest BCUT2D eigenvalue weighted by atomic mass is 9.85. The Morgan fingerprint density at radius 3 is 2.12 bits per heavy atom. The molecular formula is C26H32N4OSi. The van der Waals surface area contributed by atoms with Crippen LogP contribution in [-0.4, -0.2) is 18.0 Å². The molecule has 32 heavy (non-hydrogen) atoms. The normalized spacial score (nSPS) is 15.2. The highest BCUT2D eigenvalue weighted by atomic mass is 28.3. The maximum Gasteiger partial charge on any atom is 0.220 e. The van der Waals surface area contributed by atoms with Gasteiger partial charge in [-0.25, -0.2) is 9.97 Å². The fourth-order valence-electron chi connectivity index (χ4n) is 4.10. The van der Waals surface area contributed by atoms with Crippen LogP contribution in [0, 0.1) is 0 Å². The molecule has 5 nitrogen and oxygen atoms in total. The lowest BCUT2D eigenvalue weighted by Crippen LogP contribution is -2.37. The molecule has 1 fully saturated rings. The third-order valence-electron chi connectivity index (χ3n) is 6.07. The molecule has 1 aliphatic carbocycles. The van der Waals surface area contributed by atoms with E-state index in [0.717, 1.165) is 28.4 Å². The molecule has 6 heteroatoms. The van der Waals surface area contributed by atoms with Crippen molar-refractivity contribution in [3.8, 4) is 5.88 Å². The van der Waals surface area contributed by atoms with Crippen molar-refractivity contribution in [2.24, 2.45) is 10.2 Å². The van der Waals surface area contributed by atoms with Gasteiger partial charge in [-0.3, -0.25) is 0 Å². The lowest BCUT2D eigenvalue weighted by molar-refractivity contribution is 0.284. The maximum atomic E-state index is 6.08. The minimum Gasteiger partial charge on any atom is -0.473 e. The van der Waals surface area contributed by atoms with Gasteiger partial charge in [0.2, 0.25) is 5.88 Å². The van der Waals surface area contributed by atoms with Crippen LogP contribution in [0.15, 0.2) is 71.3 Å². The molecule has 4 rings (SSSR count). The number of azo groups is 1. The Kier molecular flexibility index (Phi) is 7.10. The van der Waals surface area contributed by atoms with Crippen LogP contribution in [0.3, 0.4) is 0 Å². The van der Waals surface area contributed by atoms with E-state index < -0.39 is 8.07 Å². The van der Waals surface area contributed by atoms with Crippen LogP contribution in [0.5, 0.6) is 5.88 Å². The summed E-state index contributed by atoms with van der Waals surface area (Å²) < 4.78 is 6.08. The molecule has 1 saturated carbocycles. The average molecular weight is 445 g/mol. The Hall–Kier alpha value is -2.86. The molecule has 0 radical (unpaired) electrons. The van der Waals surface area contributed by atoms with Crippen molar-refractivity contribution in [1.82, 2.24) is 9.97 Å². The molecule has 0 N–H and O–H groups in total. The first-order chi connectivity index (χ1) is 15.5. The first kappa shape index (κ1) is 22.3. The van der Waals surface area contributed by atoms with E-state index >= 15 is 0 Å². The zero-order valence-electron chi connectivity index (χ0n) is 19.3. The molecule has 2 aromatic carbocycles. The summed E-state index contributed by atoms with van der Waals surface area (Å²) in [5.74, 6) is 1.24. The SMILES string of the molecule is C[Si](C)(C)c1ccc(N=Nc2ccc(COc3ncncc3C3CCCCC3)cc2)cc1. The van der Waals surface area contributed by atoms with Gasteiger partial charge in [-0.15, -0.1) is 0 Å². The molecule has 0 spiro atoms. The van der Waals surface area contributed by atoms with Gasteiger partial charge < -0.3 is 4.74 Å². The summed E-state index contributed by atoms with van der Waals surface area (Å²) in [6.07, 6.45) is 9.77. The average Bonchev–Trinajstić information content (AvgIpc) is 2.82. The quantitative estimate of drug-likeness (QED) is 0.289. The summed E-state index contributed by atoms with van der Waals surface area (Å²) in [5.41, 5.74) is 3.93. The molecule has 1 aromatic heterocycles. The second-order valence-corrected chi connectivity index (χ2v) is 14.6. The van der Waals surface area contributed by atoms with Gasteiger partial charge in [0.05, 0.1) is 19.4 Å². The Balaban J connectivity index is 1.36. The van der Waals surface area contributed by atoms with E-state index in [1.165, 1.54) is 37.3 Å². The molecular weight excluding hydrogens is 412 g/mol. The van der Waals surface area contributed by atoms with Gasteiger partial charge in [0.25, 0.3) is 0 Å². The summed E-state index contributed by atoms with van der Waals surface area (Å²) in [5, 5.41) is 10.2. The number of benzene rings is 2. The van der Waals surface area contributed by atoms with Crippen LogP contribution in [0.4, 0.5) is 11.4 Å². The lowest BCUT2D eigenvalue weighted by Gasteiger charge is -2.23. The van der Waals surface area contributed by atoms with Crippen LogP contribution in [-0.2, 0) is 6.61 Å². The van der Waals surface area contributed by atoms with Crippen molar-refractivity contribution < 1.29 is 4.74 Å². The molecule has 0 aliphatic heterocycles. The topological polar surface area (TPSA) is 59.7 Å². The minimum absolute atomic E-state index is 0.478. The molecule has 0 unspecified atom stereocenters. The van der Waals surface area contributed by atoms with Crippen molar-refractivity contribution in [3.63, 3.8) is 0 Å². The number of hydrogen-bond acceptors (Lipinski definition) is 5. The number of aromatic nitrogens is 2. The summed E-state index contributed by atoms with van der Waals surface area (Å²) >= 11 is 0. The summed E-state index contributed by atoms with van der Waals surface area (Å²) in [6.45, 7) is 7.51. The van der Waals surface area contributed by atoms with E-state index in [-0.39, 0.29) is 0 Å². The minimum atomic E-state index is -1.29. The van der Waals surface area contributed by atoms with Crippen LogP contribution < -0.4 is 9.92 Å². The van der Waals surface area contributed by atoms with Crippen LogP contribution in [0.25, 0.3) is 0 Å². The maximum absolute atomic E-state index is 6.08. The van der Waals surface area contributed by atoms with E-state index in [2.05, 4.69) is 52.0 Å². The summed E-state index contributed by atoms with van der Waals surface area (Å²) in [7, 11) is -1.29. The number of hydrogen-bond donors (Lipinski definition) is 0. The van der Waals surface area contributed by atoms with Crippen LogP contribution >= 0.6 is 0 Å². The monoisotopic (exact) mass is 444 g/mol. The second-order valence-electron chi connectivity index (χ2n) is 9.57. The zero-order valence-corrected chi connectivity index (χ0v) is 20.3. The molecule has 1 aliphatic rings. The highest BCUT2D eigenvalue weighted by molar-refractivity contribution is 6.88. The number of ether oxygens (including phenoxy) is 1. The van der Waals surface area contributed by atoms with Gasteiger partial charge >= 0.3 is 0 Å². The van der Waals surface area contributed by atoms with Crippen molar-refractivity contribution >= 4 is 24.6 Å². The van der Waals surface area contributed by atoms with Crippen molar-refractivity contribution in [2.75, 3.05) is 0 Å². The van der Waals surface area contributed by atoms with E-state index in [0.29, 0.717) is 12.5 Å². The van der Waals surface area contributed by atoms with E-state index in [9.17, 15) is 0 Å². The standard InChI is InChI=1S/C26H32N4OSi/c1-32(2,3)24-15-13-23(14-16-24)30-29-22-11-9-20(10-12-22)18-31-26-25(17-27-19-28-26)21-7-5-4-6-8-21/h9-17,19,21H,4-8,18H2,1-3H3. The first-order valence-electron chi connectivity index (χ1n) is 11.5. The van der Waals surface area contributed by atoms with Gasteiger partial charge in [-0.2, -0.15) is 10.2 Å². The Morgan fingerprint density at radius 2 is 1.50 bits per heavy atom. The molecule has 3 aromatic rings. The predicted molar refractivity (Wildman–Crippen MR) is 132 cm³/mol. The Bertz CT molecular complexity index is 1040. The van der Waals surface area contributed by atoms with Crippen LogP contribution in [0.2, 0.25) is 19.6 Å². The van der Waals surface area contributed by atoms with E-state index in [1.807, 2.05) is 42.6 Å². The molecule has 0 saturated heterocycles. The van der Waals surface area contributed by atoms with Crippen molar-refractivity contribution in [3.05, 3.63) is 72.2 Å². The molecule has 0 amide bonds.